The molecule has 0 aliphatic carbocycles. The Labute approximate surface area is 98.8 Å². The zero-order valence-electron chi connectivity index (χ0n) is 9.50. The normalized spacial score (nSPS) is 16.5. The van der Waals surface area contributed by atoms with Crippen LogP contribution in [0.1, 0.15) is 12.8 Å². The van der Waals surface area contributed by atoms with Gasteiger partial charge >= 0.3 is 0 Å². The molecule has 1 aromatic heterocycles. The molecule has 0 radical (unpaired) electrons. The highest BCUT2D eigenvalue weighted by Crippen LogP contribution is 2.01. The first-order valence-electron chi connectivity index (χ1n) is 5.64. The number of nitrogens with zero attached hydrogens (tertiary/aromatic N) is 4. The average molecular weight is 237 g/mol. The fourth-order valence-electron chi connectivity index (χ4n) is 1.74. The summed E-state index contributed by atoms with van der Waals surface area (Å²) in [5.41, 5.74) is 0. The van der Waals surface area contributed by atoms with Crippen molar-refractivity contribution in [2.75, 3.05) is 19.6 Å². The lowest BCUT2D eigenvalue weighted by molar-refractivity contribution is -0.131. The molecule has 17 heavy (non-hydrogen) atoms. The highest BCUT2D eigenvalue weighted by atomic mass is 16.2. The number of aryl methyl sites for hydroxylation is 1. The van der Waals surface area contributed by atoms with Crippen LogP contribution in [0.2, 0.25) is 0 Å². The highest BCUT2D eigenvalue weighted by Gasteiger charge is 2.17. The summed E-state index contributed by atoms with van der Waals surface area (Å²) in [7, 11) is 0. The summed E-state index contributed by atoms with van der Waals surface area (Å²) in [6.45, 7) is 2.15. The molecule has 1 fully saturated rings. The van der Waals surface area contributed by atoms with Crippen molar-refractivity contribution in [3.05, 3.63) is 12.4 Å². The van der Waals surface area contributed by atoms with Gasteiger partial charge in [0.1, 0.15) is 0 Å². The summed E-state index contributed by atoms with van der Waals surface area (Å²) >= 11 is 0. The van der Waals surface area contributed by atoms with Crippen LogP contribution < -0.4 is 5.32 Å². The summed E-state index contributed by atoms with van der Waals surface area (Å²) in [4.78, 5) is 24.7. The molecule has 0 spiro atoms. The fourth-order valence-corrected chi connectivity index (χ4v) is 1.74. The third-order valence-electron chi connectivity index (χ3n) is 2.69. The van der Waals surface area contributed by atoms with Gasteiger partial charge in [0.2, 0.25) is 11.8 Å². The average Bonchev–Trinajstić information content (AvgIpc) is 2.74. The minimum absolute atomic E-state index is 0.0107. The first kappa shape index (κ1) is 11.6. The van der Waals surface area contributed by atoms with Crippen LogP contribution in [0.15, 0.2) is 12.4 Å². The first-order chi connectivity index (χ1) is 8.25. The number of carbonyl (C=O) groups is 2. The van der Waals surface area contributed by atoms with E-state index in [1.165, 1.54) is 0 Å². The van der Waals surface area contributed by atoms with Crippen molar-refractivity contribution in [3.8, 4) is 0 Å². The van der Waals surface area contributed by atoms with Gasteiger partial charge in [0.05, 0.1) is 12.7 Å². The van der Waals surface area contributed by atoms with Crippen LogP contribution in [0.3, 0.4) is 0 Å². The molecule has 2 amide bonds. The molecule has 1 aromatic rings. The van der Waals surface area contributed by atoms with Crippen LogP contribution in [0.4, 0.5) is 0 Å². The Bertz CT molecular complexity index is 389. The molecule has 7 nitrogen and oxygen atoms in total. The van der Waals surface area contributed by atoms with E-state index in [9.17, 15) is 9.59 Å². The summed E-state index contributed by atoms with van der Waals surface area (Å²) in [6.07, 6.45) is 4.08. The third-order valence-corrected chi connectivity index (χ3v) is 2.69. The van der Waals surface area contributed by atoms with Gasteiger partial charge in [0.15, 0.2) is 0 Å². The van der Waals surface area contributed by atoms with E-state index >= 15 is 0 Å². The number of hydrogen-bond acceptors (Lipinski definition) is 4. The number of carbonyl (C=O) groups excluding carboxylic acids is 2. The Balaban J connectivity index is 1.80. The van der Waals surface area contributed by atoms with Crippen LogP contribution in [-0.2, 0) is 16.1 Å². The van der Waals surface area contributed by atoms with Crippen molar-refractivity contribution < 1.29 is 9.59 Å². The Morgan fingerprint density at radius 3 is 3.12 bits per heavy atom. The van der Waals surface area contributed by atoms with E-state index in [-0.39, 0.29) is 11.8 Å². The van der Waals surface area contributed by atoms with Crippen LogP contribution in [0, 0.1) is 0 Å². The van der Waals surface area contributed by atoms with Gasteiger partial charge in [-0.1, -0.05) is 5.21 Å². The van der Waals surface area contributed by atoms with E-state index in [0.717, 1.165) is 0 Å². The van der Waals surface area contributed by atoms with Crippen LogP contribution in [-0.4, -0.2) is 51.3 Å². The van der Waals surface area contributed by atoms with E-state index < -0.39 is 0 Å². The molecule has 0 bridgehead atoms. The second-order valence-electron chi connectivity index (χ2n) is 3.90. The summed E-state index contributed by atoms with van der Waals surface area (Å²) in [6, 6.07) is 0. The second kappa shape index (κ2) is 5.42. The lowest BCUT2D eigenvalue weighted by atomic mass is 10.3. The predicted molar refractivity (Wildman–Crippen MR) is 58.8 cm³/mol. The standard InChI is InChI=1S/C10H15N5O2/c16-9-1-5-14(7-3-11-9)10(17)2-6-15-8-4-12-13-15/h4,8H,1-3,5-7H2,(H,11,16). The summed E-state index contributed by atoms with van der Waals surface area (Å²) in [5.74, 6) is 0.0635. The van der Waals surface area contributed by atoms with E-state index in [4.69, 9.17) is 0 Å². The van der Waals surface area contributed by atoms with Crippen molar-refractivity contribution >= 4 is 11.8 Å². The maximum atomic E-state index is 11.9. The minimum atomic E-state index is 0.0107. The molecule has 1 N–H and O–H groups in total. The Morgan fingerprint density at radius 1 is 1.47 bits per heavy atom. The topological polar surface area (TPSA) is 80.1 Å². The quantitative estimate of drug-likeness (QED) is 0.732. The molecule has 7 heteroatoms. The van der Waals surface area contributed by atoms with Crippen molar-refractivity contribution in [1.29, 1.82) is 0 Å². The number of rotatable bonds is 3. The highest BCUT2D eigenvalue weighted by molar-refractivity contribution is 5.80. The smallest absolute Gasteiger partial charge is 0.224 e. The molecule has 0 aromatic carbocycles. The molecule has 2 heterocycles. The molecule has 1 aliphatic rings. The molecule has 1 aliphatic heterocycles. The van der Waals surface area contributed by atoms with Crippen molar-refractivity contribution in [2.45, 2.75) is 19.4 Å². The van der Waals surface area contributed by atoms with Crippen LogP contribution in [0.5, 0.6) is 0 Å². The van der Waals surface area contributed by atoms with Crippen molar-refractivity contribution in [2.24, 2.45) is 0 Å². The number of hydrogen-bond donors (Lipinski definition) is 1. The van der Waals surface area contributed by atoms with Gasteiger partial charge in [-0.25, -0.2) is 0 Å². The maximum absolute atomic E-state index is 11.9. The van der Waals surface area contributed by atoms with Gasteiger partial charge in [0, 0.05) is 38.7 Å². The Kier molecular flexibility index (Phi) is 3.69. The van der Waals surface area contributed by atoms with Gasteiger partial charge in [0.25, 0.3) is 0 Å². The molecule has 0 atom stereocenters. The van der Waals surface area contributed by atoms with Gasteiger partial charge < -0.3 is 10.2 Å². The molecule has 2 rings (SSSR count). The van der Waals surface area contributed by atoms with Crippen molar-refractivity contribution in [1.82, 2.24) is 25.2 Å². The van der Waals surface area contributed by atoms with Gasteiger partial charge in [-0.3, -0.25) is 14.3 Å². The Hall–Kier alpha value is -1.92. The van der Waals surface area contributed by atoms with Crippen molar-refractivity contribution in [3.63, 3.8) is 0 Å². The maximum Gasteiger partial charge on any atom is 0.224 e. The van der Waals surface area contributed by atoms with E-state index in [1.807, 2.05) is 0 Å². The van der Waals surface area contributed by atoms with Gasteiger partial charge in [-0.05, 0) is 0 Å². The number of amides is 2. The van der Waals surface area contributed by atoms with E-state index in [1.54, 1.807) is 22.0 Å². The second-order valence-corrected chi connectivity index (χ2v) is 3.90. The zero-order valence-corrected chi connectivity index (χ0v) is 9.50. The third kappa shape index (κ3) is 3.27. The first-order valence-corrected chi connectivity index (χ1v) is 5.64. The van der Waals surface area contributed by atoms with Gasteiger partial charge in [-0.15, -0.1) is 5.10 Å². The van der Waals surface area contributed by atoms with Crippen LogP contribution in [0.25, 0.3) is 0 Å². The monoisotopic (exact) mass is 237 g/mol. The fraction of sp³-hybridized carbons (Fsp3) is 0.600. The molecular formula is C10H15N5O2. The minimum Gasteiger partial charge on any atom is -0.354 e. The lowest BCUT2D eigenvalue weighted by Gasteiger charge is -2.19. The molecule has 0 saturated carbocycles. The molecule has 92 valence electrons. The summed E-state index contributed by atoms with van der Waals surface area (Å²) < 4.78 is 1.62. The molecule has 0 unspecified atom stereocenters. The molecular weight excluding hydrogens is 222 g/mol. The summed E-state index contributed by atoms with van der Waals surface area (Å²) in [5, 5.41) is 10.2. The van der Waals surface area contributed by atoms with E-state index in [0.29, 0.717) is 39.0 Å². The van der Waals surface area contributed by atoms with E-state index in [2.05, 4.69) is 15.6 Å². The van der Waals surface area contributed by atoms with Crippen LogP contribution >= 0.6 is 0 Å². The zero-order chi connectivity index (χ0) is 12.1. The predicted octanol–water partition coefficient (Wildman–Crippen LogP) is -0.983. The number of aromatic nitrogens is 3. The SMILES string of the molecule is O=C1CCN(C(=O)CCn2ccnn2)CCN1. The largest absolute Gasteiger partial charge is 0.354 e. The molecule has 1 saturated heterocycles. The Morgan fingerprint density at radius 2 is 2.35 bits per heavy atom. The van der Waals surface area contributed by atoms with Gasteiger partial charge in [-0.2, -0.15) is 0 Å². The lowest BCUT2D eigenvalue weighted by Crippen LogP contribution is -2.34. The number of nitrogens with one attached hydrogen (secondary N) is 1.